The number of thiazole rings is 1. The van der Waals surface area contributed by atoms with E-state index in [1.54, 1.807) is 24.3 Å². The van der Waals surface area contributed by atoms with Crippen molar-refractivity contribution in [1.82, 2.24) is 4.98 Å². The molecule has 1 atom stereocenters. The van der Waals surface area contributed by atoms with Gasteiger partial charge in [0.25, 0.3) is 0 Å². The van der Waals surface area contributed by atoms with Gasteiger partial charge in [-0.2, -0.15) is 0 Å². The second-order valence-electron chi connectivity index (χ2n) is 5.03. The molecule has 9 heteroatoms. The lowest BCUT2D eigenvalue weighted by Gasteiger charge is -2.05. The molecular weight excluding hydrogens is 421 g/mol. The lowest BCUT2D eigenvalue weighted by molar-refractivity contribution is 0.584. The summed E-state index contributed by atoms with van der Waals surface area (Å²) >= 11 is 11.3. The molecule has 0 bridgehead atoms. The van der Waals surface area contributed by atoms with Gasteiger partial charge in [0.1, 0.15) is 11.3 Å². The van der Waals surface area contributed by atoms with Crippen LogP contribution in [0.1, 0.15) is 0 Å². The Labute approximate surface area is 162 Å². The fraction of sp³-hybridized carbons (Fsp3) is 0.0625. The van der Waals surface area contributed by atoms with Gasteiger partial charge in [0.15, 0.2) is 0 Å². The number of rotatable bonds is 4. The Kier molecular flexibility index (Phi) is 5.43. The van der Waals surface area contributed by atoms with Crippen LogP contribution in [0, 0.1) is 0 Å². The second kappa shape index (κ2) is 7.26. The lowest BCUT2D eigenvalue weighted by atomic mass is 10.2. The van der Waals surface area contributed by atoms with Crippen molar-refractivity contribution in [2.45, 2.75) is 14.1 Å². The molecule has 25 heavy (non-hydrogen) atoms. The summed E-state index contributed by atoms with van der Waals surface area (Å²) in [5.74, 6) is 0. The Bertz CT molecular complexity index is 998. The molecule has 0 aliphatic heterocycles. The molecule has 2 aromatic carbocycles. The molecule has 0 spiro atoms. The Hall–Kier alpha value is -1.09. The van der Waals surface area contributed by atoms with E-state index in [9.17, 15) is 13.0 Å². The van der Waals surface area contributed by atoms with E-state index in [-0.39, 0.29) is 14.1 Å². The van der Waals surface area contributed by atoms with Crippen LogP contribution in [0.4, 0.5) is 0 Å². The fourth-order valence-corrected chi connectivity index (χ4v) is 6.38. The van der Waals surface area contributed by atoms with Gasteiger partial charge in [0.05, 0.1) is 4.90 Å². The van der Waals surface area contributed by atoms with Crippen LogP contribution in [0.2, 0.25) is 10.0 Å². The highest BCUT2D eigenvalue weighted by Crippen LogP contribution is 2.36. The van der Waals surface area contributed by atoms with Gasteiger partial charge in [-0.05, 0) is 47.6 Å². The molecule has 1 heterocycles. The lowest BCUT2D eigenvalue weighted by Crippen LogP contribution is -2.08. The van der Waals surface area contributed by atoms with E-state index in [0.29, 0.717) is 20.6 Å². The minimum atomic E-state index is -3.91. The Morgan fingerprint density at radius 3 is 2.04 bits per heavy atom. The van der Waals surface area contributed by atoms with E-state index < -0.39 is 21.0 Å². The molecule has 3 rings (SSSR count). The van der Waals surface area contributed by atoms with Gasteiger partial charge >= 0.3 is 0 Å². The summed E-state index contributed by atoms with van der Waals surface area (Å²) in [7, 11) is -3.91. The zero-order chi connectivity index (χ0) is 18.2. The van der Waals surface area contributed by atoms with Crippen molar-refractivity contribution in [3.63, 3.8) is 0 Å². The number of halogens is 2. The molecule has 3 aromatic rings. The summed E-state index contributed by atoms with van der Waals surface area (Å²) < 4.78 is 38.1. The van der Waals surface area contributed by atoms with Crippen LogP contribution in [0.15, 0.2) is 62.7 Å². The molecule has 130 valence electrons. The van der Waals surface area contributed by atoms with E-state index in [2.05, 4.69) is 4.98 Å². The molecule has 0 saturated carbocycles. The average Bonchev–Trinajstić information content (AvgIpc) is 3.02. The van der Waals surface area contributed by atoms with Crippen molar-refractivity contribution in [3.05, 3.63) is 58.6 Å². The molecule has 0 fully saturated rings. The van der Waals surface area contributed by atoms with Crippen LogP contribution >= 0.6 is 34.5 Å². The maximum atomic E-state index is 12.9. The predicted molar refractivity (Wildman–Crippen MR) is 102 cm³/mol. The van der Waals surface area contributed by atoms with Crippen LogP contribution in [0.3, 0.4) is 0 Å². The van der Waals surface area contributed by atoms with Crippen LogP contribution in [-0.2, 0) is 21.0 Å². The van der Waals surface area contributed by atoms with Crippen molar-refractivity contribution in [1.29, 1.82) is 0 Å². The maximum Gasteiger partial charge on any atom is 0.246 e. The molecule has 1 unspecified atom stereocenters. The van der Waals surface area contributed by atoms with Gasteiger partial charge in [0, 0.05) is 15.6 Å². The van der Waals surface area contributed by atoms with Crippen molar-refractivity contribution in [2.24, 2.45) is 0 Å². The normalized spacial score (nSPS) is 13.0. The Morgan fingerprint density at radius 1 is 1.00 bits per heavy atom. The summed E-state index contributed by atoms with van der Waals surface area (Å²) in [6, 6.07) is 12.6. The summed E-state index contributed by atoms with van der Waals surface area (Å²) in [6.45, 7) is 0. The fourth-order valence-electron chi connectivity index (χ4n) is 2.08. The highest BCUT2D eigenvalue weighted by molar-refractivity contribution is 7.95. The molecule has 1 aromatic heterocycles. The summed E-state index contributed by atoms with van der Waals surface area (Å²) in [6.07, 6.45) is 1.43. The standard InChI is InChI=1S/C16H11Cl2NO3S3/c1-24(20)16-15(25(21,22)13-8-6-12(18)7-9-13)19-14(23-16)10-2-4-11(17)5-3-10/h2-9H,1H3. The first-order valence-electron chi connectivity index (χ1n) is 6.90. The van der Waals surface area contributed by atoms with Crippen LogP contribution in [-0.4, -0.2) is 24.2 Å². The molecular formula is C16H11Cl2NO3S3. The monoisotopic (exact) mass is 431 g/mol. The Morgan fingerprint density at radius 2 is 1.52 bits per heavy atom. The largest absolute Gasteiger partial charge is 0.611 e. The number of hydrogen-bond acceptors (Lipinski definition) is 5. The molecule has 0 amide bonds. The topological polar surface area (TPSA) is 70.1 Å². The molecule has 0 saturated heterocycles. The van der Waals surface area contributed by atoms with Crippen molar-refractivity contribution in [3.8, 4) is 10.6 Å². The number of nitrogens with zero attached hydrogens (tertiary/aromatic N) is 1. The number of sulfone groups is 1. The molecule has 0 N–H and O–H groups in total. The minimum absolute atomic E-state index is 0.0524. The van der Waals surface area contributed by atoms with Crippen LogP contribution in [0.25, 0.3) is 10.6 Å². The first kappa shape index (κ1) is 18.7. The highest BCUT2D eigenvalue weighted by atomic mass is 35.5. The van der Waals surface area contributed by atoms with E-state index in [0.717, 1.165) is 11.3 Å². The molecule has 0 aliphatic rings. The predicted octanol–water partition coefficient (Wildman–Crippen LogP) is 4.69. The van der Waals surface area contributed by atoms with E-state index in [1.165, 1.54) is 30.5 Å². The van der Waals surface area contributed by atoms with E-state index in [4.69, 9.17) is 23.2 Å². The van der Waals surface area contributed by atoms with E-state index in [1.807, 2.05) is 0 Å². The third-order valence-electron chi connectivity index (χ3n) is 3.30. The summed E-state index contributed by atoms with van der Waals surface area (Å²) in [5, 5.41) is 1.27. The summed E-state index contributed by atoms with van der Waals surface area (Å²) in [4.78, 5) is 4.32. The van der Waals surface area contributed by atoms with Crippen molar-refractivity contribution in [2.75, 3.05) is 6.26 Å². The van der Waals surface area contributed by atoms with E-state index >= 15 is 0 Å². The van der Waals surface area contributed by atoms with Crippen molar-refractivity contribution < 1.29 is 13.0 Å². The van der Waals surface area contributed by atoms with Crippen LogP contribution in [0.5, 0.6) is 0 Å². The van der Waals surface area contributed by atoms with Gasteiger partial charge in [-0.1, -0.05) is 46.7 Å². The highest BCUT2D eigenvalue weighted by Gasteiger charge is 2.31. The number of benzene rings is 2. The molecule has 0 aliphatic carbocycles. The Balaban J connectivity index is 2.14. The van der Waals surface area contributed by atoms with Crippen molar-refractivity contribution >= 4 is 55.6 Å². The van der Waals surface area contributed by atoms with Gasteiger partial charge in [-0.3, -0.25) is 0 Å². The number of hydrogen-bond donors (Lipinski definition) is 0. The SMILES string of the molecule is C[S+]([O-])c1sc(-c2ccc(Cl)cc2)nc1S(=O)(=O)c1ccc(Cl)cc1. The third kappa shape index (κ3) is 3.86. The zero-order valence-corrected chi connectivity index (χ0v) is 16.7. The average molecular weight is 432 g/mol. The third-order valence-corrected chi connectivity index (χ3v) is 8.33. The number of aromatic nitrogens is 1. The first-order chi connectivity index (χ1) is 11.8. The van der Waals surface area contributed by atoms with Gasteiger partial charge in [-0.15, -0.1) is 0 Å². The quantitative estimate of drug-likeness (QED) is 0.561. The first-order valence-corrected chi connectivity index (χ1v) is 11.5. The smallest absolute Gasteiger partial charge is 0.246 e. The second-order valence-corrected chi connectivity index (χ2v) is 10.3. The minimum Gasteiger partial charge on any atom is -0.611 e. The maximum absolute atomic E-state index is 12.9. The van der Waals surface area contributed by atoms with Crippen LogP contribution < -0.4 is 0 Å². The summed E-state index contributed by atoms with van der Waals surface area (Å²) in [5.41, 5.74) is 0.707. The molecule has 0 radical (unpaired) electrons. The molecule has 4 nitrogen and oxygen atoms in total. The van der Waals surface area contributed by atoms with Gasteiger partial charge in [0.2, 0.25) is 19.1 Å². The zero-order valence-electron chi connectivity index (χ0n) is 12.8. The van der Waals surface area contributed by atoms with Gasteiger partial charge < -0.3 is 4.55 Å². The van der Waals surface area contributed by atoms with Gasteiger partial charge in [-0.25, -0.2) is 13.4 Å².